The van der Waals surface area contributed by atoms with Crippen molar-refractivity contribution in [3.8, 4) is 0 Å². The number of halogens is 4. The van der Waals surface area contributed by atoms with Gasteiger partial charge in [0.05, 0.1) is 26.3 Å². The molecule has 0 bridgehead atoms. The molecule has 0 aliphatic heterocycles. The molecule has 1 amide bonds. The van der Waals surface area contributed by atoms with E-state index < -0.39 is 11.7 Å². The Labute approximate surface area is 130 Å². The smallest absolute Gasteiger partial charge is 0.258 e. The average molecular weight is 333 g/mol. The molecule has 0 aromatic heterocycles. The summed E-state index contributed by atoms with van der Waals surface area (Å²) in [6.07, 6.45) is 0. The van der Waals surface area contributed by atoms with Crippen LogP contribution in [0.5, 0.6) is 0 Å². The minimum Gasteiger partial charge on any atom is -0.320 e. The number of hydrogen-bond donors (Lipinski definition) is 1. The fourth-order valence-corrected chi connectivity index (χ4v) is 2.21. The summed E-state index contributed by atoms with van der Waals surface area (Å²) in [7, 11) is 0. The average Bonchev–Trinajstić information content (AvgIpc) is 2.35. The monoisotopic (exact) mass is 331 g/mol. The van der Waals surface area contributed by atoms with E-state index in [1.807, 2.05) is 0 Å². The van der Waals surface area contributed by atoms with Gasteiger partial charge in [-0.15, -0.1) is 0 Å². The molecule has 0 fully saturated rings. The summed E-state index contributed by atoms with van der Waals surface area (Å²) in [5.41, 5.74) is 0.926. The first-order valence-electron chi connectivity index (χ1n) is 5.60. The molecule has 0 atom stereocenters. The van der Waals surface area contributed by atoms with E-state index in [0.717, 1.165) is 5.56 Å². The Hall–Kier alpha value is -1.29. The van der Waals surface area contributed by atoms with Crippen molar-refractivity contribution in [1.29, 1.82) is 0 Å². The summed E-state index contributed by atoms with van der Waals surface area (Å²) in [5, 5.41) is 3.24. The Balaban J connectivity index is 2.30. The zero-order valence-electron chi connectivity index (χ0n) is 10.3. The Bertz CT molecular complexity index is 688. The summed E-state index contributed by atoms with van der Waals surface area (Å²) >= 11 is 17.6. The third-order valence-electron chi connectivity index (χ3n) is 2.63. The number of carbonyl (C=O) groups is 1. The zero-order chi connectivity index (χ0) is 14.9. The maximum atomic E-state index is 13.7. The number of aryl methyl sites for hydroxylation is 1. The maximum Gasteiger partial charge on any atom is 0.258 e. The molecule has 0 aliphatic rings. The van der Waals surface area contributed by atoms with Crippen molar-refractivity contribution in [2.24, 2.45) is 0 Å². The van der Waals surface area contributed by atoms with Gasteiger partial charge in [-0.2, -0.15) is 0 Å². The van der Waals surface area contributed by atoms with E-state index in [1.165, 1.54) is 24.3 Å². The van der Waals surface area contributed by atoms with Crippen molar-refractivity contribution in [2.45, 2.75) is 6.92 Å². The van der Waals surface area contributed by atoms with Crippen LogP contribution in [0.2, 0.25) is 15.1 Å². The van der Waals surface area contributed by atoms with Crippen LogP contribution < -0.4 is 5.32 Å². The second-order valence-electron chi connectivity index (χ2n) is 4.18. The molecule has 0 saturated carbocycles. The molecule has 1 N–H and O–H groups in total. The molecule has 20 heavy (non-hydrogen) atoms. The first-order chi connectivity index (χ1) is 9.38. The minimum atomic E-state index is -0.609. The molecular formula is C14H9Cl3FNO. The predicted octanol–water partition coefficient (Wildman–Crippen LogP) is 5.35. The summed E-state index contributed by atoms with van der Waals surface area (Å²) < 4.78 is 13.7. The Kier molecular flexibility index (Phi) is 4.53. The highest BCUT2D eigenvalue weighted by atomic mass is 35.5. The molecule has 2 rings (SSSR count). The Morgan fingerprint density at radius 1 is 1.05 bits per heavy atom. The fourth-order valence-electron chi connectivity index (χ4n) is 1.61. The van der Waals surface area contributed by atoms with E-state index >= 15 is 0 Å². The third kappa shape index (κ3) is 3.23. The van der Waals surface area contributed by atoms with Gasteiger partial charge in [0.1, 0.15) is 5.82 Å². The fraction of sp³-hybridized carbons (Fsp3) is 0.0714. The molecule has 0 aliphatic carbocycles. The lowest BCUT2D eigenvalue weighted by Crippen LogP contribution is -2.14. The lowest BCUT2D eigenvalue weighted by molar-refractivity contribution is 0.102. The van der Waals surface area contributed by atoms with E-state index in [9.17, 15) is 9.18 Å². The van der Waals surface area contributed by atoms with Crippen LogP contribution in [-0.2, 0) is 0 Å². The van der Waals surface area contributed by atoms with Gasteiger partial charge >= 0.3 is 0 Å². The normalized spacial score (nSPS) is 10.4. The van der Waals surface area contributed by atoms with Crippen LogP contribution in [0, 0.1) is 12.7 Å². The summed E-state index contributed by atoms with van der Waals surface area (Å²) in [6, 6.07) is 7.16. The second kappa shape index (κ2) is 6.00. The highest BCUT2D eigenvalue weighted by Gasteiger charge is 2.14. The molecule has 2 aromatic carbocycles. The maximum absolute atomic E-state index is 13.7. The molecular weight excluding hydrogens is 324 g/mol. The van der Waals surface area contributed by atoms with E-state index in [-0.39, 0.29) is 26.3 Å². The first kappa shape index (κ1) is 15.1. The van der Waals surface area contributed by atoms with Gasteiger partial charge in [0.25, 0.3) is 5.91 Å². The van der Waals surface area contributed by atoms with E-state index in [2.05, 4.69) is 5.32 Å². The molecule has 2 aromatic rings. The molecule has 0 unspecified atom stereocenters. The van der Waals surface area contributed by atoms with Crippen molar-refractivity contribution in [2.75, 3.05) is 5.32 Å². The van der Waals surface area contributed by atoms with Crippen molar-refractivity contribution < 1.29 is 9.18 Å². The van der Waals surface area contributed by atoms with Crippen molar-refractivity contribution in [3.05, 3.63) is 62.3 Å². The van der Waals surface area contributed by atoms with Gasteiger partial charge in [0.15, 0.2) is 0 Å². The Morgan fingerprint density at radius 2 is 1.70 bits per heavy atom. The summed E-state index contributed by atoms with van der Waals surface area (Å²) in [4.78, 5) is 12.0. The van der Waals surface area contributed by atoms with Crippen LogP contribution in [0.1, 0.15) is 15.9 Å². The molecule has 0 saturated heterocycles. The number of amides is 1. The van der Waals surface area contributed by atoms with Gasteiger partial charge in [-0.25, -0.2) is 4.39 Å². The topological polar surface area (TPSA) is 29.1 Å². The highest BCUT2D eigenvalue weighted by Crippen LogP contribution is 2.32. The SMILES string of the molecule is Cc1ccc(C(=O)Nc2cc(Cl)c(Cl)cc2Cl)c(F)c1. The molecule has 104 valence electrons. The summed E-state index contributed by atoms with van der Waals surface area (Å²) in [5.74, 6) is -1.21. The standard InChI is InChI=1S/C14H9Cl3FNO/c1-7-2-3-8(12(18)4-7)14(20)19-13-6-10(16)9(15)5-11(13)17/h2-6H,1H3,(H,19,20). The van der Waals surface area contributed by atoms with Crippen LogP contribution >= 0.6 is 34.8 Å². The van der Waals surface area contributed by atoms with Gasteiger partial charge in [-0.1, -0.05) is 40.9 Å². The lowest BCUT2D eigenvalue weighted by atomic mass is 10.1. The van der Waals surface area contributed by atoms with E-state index in [1.54, 1.807) is 13.0 Å². The number of rotatable bonds is 2. The van der Waals surface area contributed by atoms with Gasteiger partial charge in [0.2, 0.25) is 0 Å². The second-order valence-corrected chi connectivity index (χ2v) is 5.41. The van der Waals surface area contributed by atoms with Gasteiger partial charge in [0, 0.05) is 0 Å². The van der Waals surface area contributed by atoms with Crippen LogP contribution in [0.25, 0.3) is 0 Å². The third-order valence-corrected chi connectivity index (χ3v) is 3.66. The van der Waals surface area contributed by atoms with Gasteiger partial charge < -0.3 is 5.32 Å². The van der Waals surface area contributed by atoms with Crippen LogP contribution in [-0.4, -0.2) is 5.91 Å². The number of hydrogen-bond acceptors (Lipinski definition) is 1. The van der Waals surface area contributed by atoms with Crippen molar-refractivity contribution >= 4 is 46.4 Å². The number of nitrogens with one attached hydrogen (secondary N) is 1. The Morgan fingerprint density at radius 3 is 2.35 bits per heavy atom. The highest BCUT2D eigenvalue weighted by molar-refractivity contribution is 6.44. The number of carbonyl (C=O) groups excluding carboxylic acids is 1. The quantitative estimate of drug-likeness (QED) is 0.738. The molecule has 0 radical (unpaired) electrons. The minimum absolute atomic E-state index is 0.0715. The largest absolute Gasteiger partial charge is 0.320 e. The number of anilines is 1. The van der Waals surface area contributed by atoms with E-state index in [0.29, 0.717) is 0 Å². The van der Waals surface area contributed by atoms with Crippen LogP contribution in [0.3, 0.4) is 0 Å². The van der Waals surface area contributed by atoms with Gasteiger partial charge in [-0.05, 0) is 36.8 Å². The molecule has 6 heteroatoms. The number of benzene rings is 2. The van der Waals surface area contributed by atoms with Crippen LogP contribution in [0.4, 0.5) is 10.1 Å². The lowest BCUT2D eigenvalue weighted by Gasteiger charge is -2.09. The van der Waals surface area contributed by atoms with Crippen LogP contribution in [0.15, 0.2) is 30.3 Å². The molecule has 0 heterocycles. The molecule has 0 spiro atoms. The van der Waals surface area contributed by atoms with E-state index in [4.69, 9.17) is 34.8 Å². The van der Waals surface area contributed by atoms with Gasteiger partial charge in [-0.3, -0.25) is 4.79 Å². The predicted molar refractivity (Wildman–Crippen MR) is 80.6 cm³/mol. The zero-order valence-corrected chi connectivity index (χ0v) is 12.6. The van der Waals surface area contributed by atoms with Crippen molar-refractivity contribution in [3.63, 3.8) is 0 Å². The van der Waals surface area contributed by atoms with Crippen molar-refractivity contribution in [1.82, 2.24) is 0 Å². The first-order valence-corrected chi connectivity index (χ1v) is 6.74. The summed E-state index contributed by atoms with van der Waals surface area (Å²) in [6.45, 7) is 1.74. The molecule has 2 nitrogen and oxygen atoms in total.